The molecule has 2 heteroatoms. The Morgan fingerprint density at radius 1 is 0.895 bits per heavy atom. The van der Waals surface area contributed by atoms with Crippen molar-refractivity contribution < 1.29 is 4.79 Å². The van der Waals surface area contributed by atoms with Crippen LogP contribution in [0.15, 0.2) is 24.3 Å². The average molecular weight is 265 g/mol. The summed E-state index contributed by atoms with van der Waals surface area (Å²) < 4.78 is 0. The zero-order chi connectivity index (χ0) is 14.2. The van der Waals surface area contributed by atoms with Gasteiger partial charge in [-0.3, -0.25) is 4.79 Å². The first-order valence-electron chi connectivity index (χ1n) is 7.86. The zero-order valence-corrected chi connectivity index (χ0v) is 12.8. The Kier molecular flexibility index (Phi) is 14.2. The van der Waals surface area contributed by atoms with Gasteiger partial charge in [0.1, 0.15) is 0 Å². The summed E-state index contributed by atoms with van der Waals surface area (Å²) in [6.45, 7) is 2.26. The second-order valence-electron chi connectivity index (χ2n) is 5.02. The van der Waals surface area contributed by atoms with Gasteiger partial charge >= 0.3 is 0 Å². The van der Waals surface area contributed by atoms with Gasteiger partial charge < -0.3 is 5.32 Å². The molecule has 0 saturated carbocycles. The molecule has 0 aromatic carbocycles. The monoisotopic (exact) mass is 265 g/mol. The average Bonchev–Trinajstić information content (AvgIpc) is 2.43. The largest absolute Gasteiger partial charge is 0.356 e. The Balaban J connectivity index is 3.20. The van der Waals surface area contributed by atoms with Crippen molar-refractivity contribution in [3.05, 3.63) is 24.3 Å². The van der Waals surface area contributed by atoms with Crippen LogP contribution in [0.2, 0.25) is 0 Å². The molecular formula is C17H31NO. The van der Waals surface area contributed by atoms with Crippen molar-refractivity contribution in [3.63, 3.8) is 0 Å². The number of nitrogens with one attached hydrogen (secondary N) is 1. The summed E-state index contributed by atoms with van der Waals surface area (Å²) in [5, 5.41) is 2.55. The molecule has 0 rings (SSSR count). The molecule has 0 aliphatic rings. The highest BCUT2D eigenvalue weighted by Gasteiger charge is 1.91. The van der Waals surface area contributed by atoms with Gasteiger partial charge in [-0.05, 0) is 12.8 Å². The van der Waals surface area contributed by atoms with Gasteiger partial charge in [-0.15, -0.1) is 0 Å². The number of carbonyl (C=O) groups is 1. The molecule has 1 N–H and O–H groups in total. The van der Waals surface area contributed by atoms with Crippen molar-refractivity contribution in [1.29, 1.82) is 0 Å². The maximum Gasteiger partial charge on any atom is 0.243 e. The third-order valence-electron chi connectivity index (χ3n) is 3.22. The number of hydrogen-bond donors (Lipinski definition) is 1. The number of likely N-dealkylation sites (N-methyl/N-ethyl adjacent to an activating group) is 1. The fraction of sp³-hybridized carbons (Fsp3) is 0.706. The lowest BCUT2D eigenvalue weighted by atomic mass is 10.1. The summed E-state index contributed by atoms with van der Waals surface area (Å²) in [5.41, 5.74) is 0. The van der Waals surface area contributed by atoms with Crippen LogP contribution in [0.1, 0.15) is 71.1 Å². The SMILES string of the molecule is CCCCCCCCCCC/C=C/C=C/C(=O)NC. The van der Waals surface area contributed by atoms with Gasteiger partial charge in [0.2, 0.25) is 5.91 Å². The predicted octanol–water partition coefficient (Wildman–Crippen LogP) is 4.77. The fourth-order valence-corrected chi connectivity index (χ4v) is 1.97. The molecule has 0 heterocycles. The second kappa shape index (κ2) is 15.0. The molecule has 0 aliphatic heterocycles. The van der Waals surface area contributed by atoms with E-state index in [-0.39, 0.29) is 5.91 Å². The van der Waals surface area contributed by atoms with E-state index >= 15 is 0 Å². The number of allylic oxidation sites excluding steroid dienone is 3. The summed E-state index contributed by atoms with van der Waals surface area (Å²) in [6, 6.07) is 0. The molecule has 0 radical (unpaired) electrons. The Labute approximate surface area is 119 Å². The lowest BCUT2D eigenvalue weighted by molar-refractivity contribution is -0.116. The standard InChI is InChI=1S/C17H31NO/c1-3-4-5-6-7-8-9-10-11-12-13-14-15-16-17(19)18-2/h13-16H,3-12H2,1-2H3,(H,18,19)/b14-13+,16-15+. The number of amides is 1. The highest BCUT2D eigenvalue weighted by atomic mass is 16.1. The molecule has 2 nitrogen and oxygen atoms in total. The van der Waals surface area contributed by atoms with E-state index in [0.29, 0.717) is 0 Å². The van der Waals surface area contributed by atoms with Crippen LogP contribution in [0, 0.1) is 0 Å². The molecule has 1 amide bonds. The normalized spacial score (nSPS) is 11.5. The summed E-state index contributed by atoms with van der Waals surface area (Å²) in [4.78, 5) is 10.9. The number of rotatable bonds is 12. The molecule has 0 bridgehead atoms. The third-order valence-corrected chi connectivity index (χ3v) is 3.22. The van der Waals surface area contributed by atoms with Crippen molar-refractivity contribution in [2.75, 3.05) is 7.05 Å². The quantitative estimate of drug-likeness (QED) is 0.307. The van der Waals surface area contributed by atoms with Crippen LogP contribution in [-0.4, -0.2) is 13.0 Å². The molecule has 110 valence electrons. The van der Waals surface area contributed by atoms with E-state index in [1.807, 2.05) is 6.08 Å². The fourth-order valence-electron chi connectivity index (χ4n) is 1.97. The molecule has 0 spiro atoms. The van der Waals surface area contributed by atoms with Crippen molar-refractivity contribution in [2.24, 2.45) is 0 Å². The van der Waals surface area contributed by atoms with Crippen molar-refractivity contribution in [3.8, 4) is 0 Å². The minimum atomic E-state index is -0.0484. The molecule has 0 fully saturated rings. The maximum absolute atomic E-state index is 10.9. The zero-order valence-electron chi connectivity index (χ0n) is 12.8. The van der Waals surface area contributed by atoms with E-state index in [9.17, 15) is 4.79 Å². The summed E-state index contributed by atoms with van der Waals surface area (Å²) in [7, 11) is 1.64. The van der Waals surface area contributed by atoms with Gasteiger partial charge in [0.15, 0.2) is 0 Å². The minimum Gasteiger partial charge on any atom is -0.356 e. The van der Waals surface area contributed by atoms with Crippen molar-refractivity contribution >= 4 is 5.91 Å². The first-order chi connectivity index (χ1) is 9.31. The molecular weight excluding hydrogens is 234 g/mol. The van der Waals surface area contributed by atoms with Gasteiger partial charge in [-0.2, -0.15) is 0 Å². The lowest BCUT2D eigenvalue weighted by Crippen LogP contribution is -2.13. The van der Waals surface area contributed by atoms with Crippen LogP contribution >= 0.6 is 0 Å². The van der Waals surface area contributed by atoms with Gasteiger partial charge in [-0.1, -0.05) is 76.5 Å². The minimum absolute atomic E-state index is 0.0484. The van der Waals surface area contributed by atoms with Gasteiger partial charge in [0, 0.05) is 13.1 Å². The van der Waals surface area contributed by atoms with Crippen LogP contribution in [0.25, 0.3) is 0 Å². The number of hydrogen-bond acceptors (Lipinski definition) is 1. The Morgan fingerprint density at radius 3 is 2.05 bits per heavy atom. The predicted molar refractivity (Wildman–Crippen MR) is 84.2 cm³/mol. The van der Waals surface area contributed by atoms with Crippen molar-refractivity contribution in [1.82, 2.24) is 5.32 Å². The molecule has 0 unspecified atom stereocenters. The third kappa shape index (κ3) is 14.9. The van der Waals surface area contributed by atoms with Gasteiger partial charge in [0.25, 0.3) is 0 Å². The van der Waals surface area contributed by atoms with Crippen LogP contribution in [0.3, 0.4) is 0 Å². The van der Waals surface area contributed by atoms with E-state index in [0.717, 1.165) is 6.42 Å². The van der Waals surface area contributed by atoms with Crippen LogP contribution < -0.4 is 5.32 Å². The number of carbonyl (C=O) groups excluding carboxylic acids is 1. The Bertz CT molecular complexity index is 256. The van der Waals surface area contributed by atoms with Crippen LogP contribution in [0.5, 0.6) is 0 Å². The molecule has 0 aliphatic carbocycles. The number of unbranched alkanes of at least 4 members (excludes halogenated alkanes) is 9. The van der Waals surface area contributed by atoms with Crippen LogP contribution in [-0.2, 0) is 4.79 Å². The van der Waals surface area contributed by atoms with E-state index < -0.39 is 0 Å². The summed E-state index contributed by atoms with van der Waals surface area (Å²) >= 11 is 0. The Morgan fingerprint density at radius 2 is 1.47 bits per heavy atom. The first kappa shape index (κ1) is 17.9. The summed E-state index contributed by atoms with van der Waals surface area (Å²) in [5.74, 6) is -0.0484. The topological polar surface area (TPSA) is 29.1 Å². The van der Waals surface area contributed by atoms with E-state index in [1.165, 1.54) is 57.8 Å². The van der Waals surface area contributed by atoms with E-state index in [1.54, 1.807) is 19.2 Å². The highest BCUT2D eigenvalue weighted by Crippen LogP contribution is 2.10. The summed E-state index contributed by atoms with van der Waals surface area (Å²) in [6.07, 6.45) is 20.9. The van der Waals surface area contributed by atoms with Gasteiger partial charge in [0.05, 0.1) is 0 Å². The molecule has 0 aromatic heterocycles. The highest BCUT2D eigenvalue weighted by molar-refractivity contribution is 5.87. The smallest absolute Gasteiger partial charge is 0.243 e. The lowest BCUT2D eigenvalue weighted by Gasteiger charge is -2.00. The Hall–Kier alpha value is -1.05. The van der Waals surface area contributed by atoms with E-state index in [2.05, 4.69) is 18.3 Å². The molecule has 0 aromatic rings. The van der Waals surface area contributed by atoms with Crippen molar-refractivity contribution in [2.45, 2.75) is 71.1 Å². The molecule has 19 heavy (non-hydrogen) atoms. The maximum atomic E-state index is 10.9. The molecule has 0 atom stereocenters. The first-order valence-corrected chi connectivity index (χ1v) is 7.86. The van der Waals surface area contributed by atoms with Gasteiger partial charge in [-0.25, -0.2) is 0 Å². The molecule has 0 saturated heterocycles. The van der Waals surface area contributed by atoms with Crippen LogP contribution in [0.4, 0.5) is 0 Å². The second-order valence-corrected chi connectivity index (χ2v) is 5.02. The van der Waals surface area contributed by atoms with E-state index in [4.69, 9.17) is 0 Å².